The van der Waals surface area contributed by atoms with E-state index in [1.165, 1.54) is 5.56 Å². The number of rotatable bonds is 5. The minimum absolute atomic E-state index is 0.371. The van der Waals surface area contributed by atoms with Gasteiger partial charge in [0.1, 0.15) is 5.75 Å². The van der Waals surface area contributed by atoms with Crippen molar-refractivity contribution >= 4 is 0 Å². The Labute approximate surface area is 92.5 Å². The van der Waals surface area contributed by atoms with Crippen LogP contribution in [0.3, 0.4) is 0 Å². The lowest BCUT2D eigenvalue weighted by Crippen LogP contribution is -2.15. The van der Waals surface area contributed by atoms with Crippen LogP contribution in [-0.2, 0) is 0 Å². The van der Waals surface area contributed by atoms with Crippen molar-refractivity contribution in [3.63, 3.8) is 0 Å². The fourth-order valence-electron chi connectivity index (χ4n) is 1.80. The van der Waals surface area contributed by atoms with Gasteiger partial charge >= 0.3 is 0 Å². The Morgan fingerprint density at radius 3 is 2.60 bits per heavy atom. The number of phenols is 1. The monoisotopic (exact) mass is 207 g/mol. The van der Waals surface area contributed by atoms with Crippen molar-refractivity contribution in [1.29, 1.82) is 0 Å². The molecule has 0 aromatic heterocycles. The van der Waals surface area contributed by atoms with Gasteiger partial charge in [-0.2, -0.15) is 0 Å². The summed E-state index contributed by atoms with van der Waals surface area (Å²) in [6, 6.07) is 7.62. The molecule has 2 nitrogen and oxygen atoms in total. The van der Waals surface area contributed by atoms with Crippen LogP contribution in [-0.4, -0.2) is 30.6 Å². The first-order chi connectivity index (χ1) is 7.13. The van der Waals surface area contributed by atoms with Gasteiger partial charge in [-0.1, -0.05) is 19.1 Å². The summed E-state index contributed by atoms with van der Waals surface area (Å²) in [5.74, 6) is 0.926. The third kappa shape index (κ3) is 3.92. The third-order valence-corrected chi connectivity index (χ3v) is 2.76. The van der Waals surface area contributed by atoms with Gasteiger partial charge in [0, 0.05) is 0 Å². The molecule has 2 heteroatoms. The summed E-state index contributed by atoms with van der Waals surface area (Å²) in [5, 5.41) is 9.42. The Morgan fingerprint density at radius 1 is 1.33 bits per heavy atom. The fourth-order valence-corrected chi connectivity index (χ4v) is 1.80. The molecule has 0 radical (unpaired) electrons. The van der Waals surface area contributed by atoms with Crippen LogP contribution < -0.4 is 0 Å². The SMILES string of the molecule is CC[C@@H](CCN(C)C)c1cccc(O)c1. The van der Waals surface area contributed by atoms with Crippen molar-refractivity contribution in [2.24, 2.45) is 0 Å². The molecule has 1 atom stereocenters. The number of aromatic hydroxyl groups is 1. The summed E-state index contributed by atoms with van der Waals surface area (Å²) >= 11 is 0. The van der Waals surface area contributed by atoms with E-state index in [9.17, 15) is 5.11 Å². The maximum Gasteiger partial charge on any atom is 0.115 e. The van der Waals surface area contributed by atoms with E-state index in [1.54, 1.807) is 6.07 Å². The van der Waals surface area contributed by atoms with Gasteiger partial charge in [-0.05, 0) is 57.1 Å². The average molecular weight is 207 g/mol. The Kier molecular flexibility index (Phi) is 4.63. The first-order valence-electron chi connectivity index (χ1n) is 5.57. The highest BCUT2D eigenvalue weighted by Crippen LogP contribution is 2.25. The summed E-state index contributed by atoms with van der Waals surface area (Å²) in [7, 11) is 4.18. The average Bonchev–Trinajstić information content (AvgIpc) is 2.18. The zero-order valence-electron chi connectivity index (χ0n) is 9.90. The zero-order valence-corrected chi connectivity index (χ0v) is 9.90. The number of phenolic OH excluding ortho intramolecular Hbond substituents is 1. The number of hydrogen-bond donors (Lipinski definition) is 1. The molecule has 0 bridgehead atoms. The maximum atomic E-state index is 9.42. The van der Waals surface area contributed by atoms with Gasteiger partial charge in [-0.25, -0.2) is 0 Å². The van der Waals surface area contributed by atoms with E-state index < -0.39 is 0 Å². The second-order valence-electron chi connectivity index (χ2n) is 4.29. The minimum Gasteiger partial charge on any atom is -0.508 e. The van der Waals surface area contributed by atoms with Crippen LogP contribution in [0.5, 0.6) is 5.75 Å². The van der Waals surface area contributed by atoms with Crippen molar-refractivity contribution < 1.29 is 5.11 Å². The van der Waals surface area contributed by atoms with Crippen LogP contribution in [0.25, 0.3) is 0 Å². The van der Waals surface area contributed by atoms with Crippen molar-refractivity contribution in [2.45, 2.75) is 25.7 Å². The van der Waals surface area contributed by atoms with Gasteiger partial charge in [-0.15, -0.1) is 0 Å². The maximum absolute atomic E-state index is 9.42. The lowest BCUT2D eigenvalue weighted by molar-refractivity contribution is 0.377. The Bertz CT molecular complexity index is 296. The van der Waals surface area contributed by atoms with Gasteiger partial charge in [0.2, 0.25) is 0 Å². The standard InChI is InChI=1S/C13H21NO/c1-4-11(8-9-14(2)3)12-6-5-7-13(15)10-12/h5-7,10-11,15H,4,8-9H2,1-3H3/t11-/m0/s1. The normalized spacial score (nSPS) is 13.1. The van der Waals surface area contributed by atoms with E-state index in [1.807, 2.05) is 12.1 Å². The first-order valence-corrected chi connectivity index (χ1v) is 5.57. The summed E-state index contributed by atoms with van der Waals surface area (Å²) in [6.45, 7) is 3.29. The molecule has 84 valence electrons. The molecular formula is C13H21NO. The van der Waals surface area contributed by atoms with Gasteiger partial charge in [0.15, 0.2) is 0 Å². The molecular weight excluding hydrogens is 186 g/mol. The Balaban J connectivity index is 2.65. The summed E-state index contributed by atoms with van der Waals surface area (Å²) in [5.41, 5.74) is 1.25. The quantitative estimate of drug-likeness (QED) is 0.802. The highest BCUT2D eigenvalue weighted by atomic mass is 16.3. The second-order valence-corrected chi connectivity index (χ2v) is 4.29. The molecule has 0 aliphatic rings. The molecule has 0 aliphatic carbocycles. The first kappa shape index (κ1) is 12.1. The molecule has 0 aliphatic heterocycles. The lowest BCUT2D eigenvalue weighted by Gasteiger charge is -2.18. The number of nitrogens with zero attached hydrogens (tertiary/aromatic N) is 1. The van der Waals surface area contributed by atoms with Crippen LogP contribution in [0, 0.1) is 0 Å². The molecule has 0 saturated carbocycles. The van der Waals surface area contributed by atoms with Crippen molar-refractivity contribution in [3.05, 3.63) is 29.8 Å². The molecule has 0 unspecified atom stereocenters. The second kappa shape index (κ2) is 5.76. The van der Waals surface area contributed by atoms with Crippen LogP contribution in [0.15, 0.2) is 24.3 Å². The Hall–Kier alpha value is -1.02. The lowest BCUT2D eigenvalue weighted by atomic mass is 9.93. The highest BCUT2D eigenvalue weighted by molar-refractivity contribution is 5.29. The number of benzene rings is 1. The van der Waals surface area contributed by atoms with Crippen molar-refractivity contribution in [2.75, 3.05) is 20.6 Å². The van der Waals surface area contributed by atoms with Crippen LogP contribution in [0.4, 0.5) is 0 Å². The molecule has 0 fully saturated rings. The summed E-state index contributed by atoms with van der Waals surface area (Å²) in [4.78, 5) is 2.20. The predicted octanol–water partition coefficient (Wildman–Crippen LogP) is 2.84. The topological polar surface area (TPSA) is 23.5 Å². The van der Waals surface area contributed by atoms with Gasteiger partial charge in [-0.3, -0.25) is 0 Å². The van der Waals surface area contributed by atoms with Gasteiger partial charge in [0.05, 0.1) is 0 Å². The Morgan fingerprint density at radius 2 is 2.07 bits per heavy atom. The molecule has 0 heterocycles. The summed E-state index contributed by atoms with van der Waals surface area (Å²) < 4.78 is 0. The fraction of sp³-hybridized carbons (Fsp3) is 0.538. The molecule has 0 amide bonds. The molecule has 0 saturated heterocycles. The van der Waals surface area contributed by atoms with E-state index in [4.69, 9.17) is 0 Å². The highest BCUT2D eigenvalue weighted by Gasteiger charge is 2.09. The molecule has 15 heavy (non-hydrogen) atoms. The third-order valence-electron chi connectivity index (χ3n) is 2.76. The van der Waals surface area contributed by atoms with Crippen LogP contribution in [0.2, 0.25) is 0 Å². The number of hydrogen-bond acceptors (Lipinski definition) is 2. The minimum atomic E-state index is 0.371. The smallest absolute Gasteiger partial charge is 0.115 e. The molecule has 1 aromatic rings. The van der Waals surface area contributed by atoms with Crippen LogP contribution in [0.1, 0.15) is 31.2 Å². The molecule has 1 N–H and O–H groups in total. The largest absolute Gasteiger partial charge is 0.508 e. The van der Waals surface area contributed by atoms with E-state index in [0.717, 1.165) is 19.4 Å². The molecule has 1 rings (SSSR count). The zero-order chi connectivity index (χ0) is 11.3. The van der Waals surface area contributed by atoms with E-state index in [-0.39, 0.29) is 0 Å². The molecule has 1 aromatic carbocycles. The van der Waals surface area contributed by atoms with Crippen molar-refractivity contribution in [3.8, 4) is 5.75 Å². The van der Waals surface area contributed by atoms with Crippen LogP contribution >= 0.6 is 0 Å². The summed E-state index contributed by atoms with van der Waals surface area (Å²) in [6.07, 6.45) is 2.27. The van der Waals surface area contributed by atoms with Gasteiger partial charge < -0.3 is 10.0 Å². The molecule has 0 spiro atoms. The van der Waals surface area contributed by atoms with Crippen molar-refractivity contribution in [1.82, 2.24) is 4.90 Å². The van der Waals surface area contributed by atoms with E-state index in [0.29, 0.717) is 11.7 Å². The van der Waals surface area contributed by atoms with E-state index >= 15 is 0 Å². The van der Waals surface area contributed by atoms with E-state index in [2.05, 4.69) is 32.0 Å². The predicted molar refractivity (Wildman–Crippen MR) is 64.3 cm³/mol. The van der Waals surface area contributed by atoms with Gasteiger partial charge in [0.25, 0.3) is 0 Å².